The summed E-state index contributed by atoms with van der Waals surface area (Å²) in [6.07, 6.45) is 6.01. The number of aryl methyl sites for hydroxylation is 1. The first-order valence-corrected chi connectivity index (χ1v) is 10.7. The molecule has 4 rings (SSSR count). The predicted molar refractivity (Wildman–Crippen MR) is 110 cm³/mol. The number of H-pyrrole nitrogens is 1. The van der Waals surface area contributed by atoms with Crippen LogP contribution in [0.2, 0.25) is 0 Å². The number of ether oxygens (including phenoxy) is 1. The minimum Gasteiger partial charge on any atom is -0.466 e. The second kappa shape index (κ2) is 8.11. The SMILES string of the molecule is CCOC(=O)C1CCC(N2CCC(n3c(=O)[nH]c4ccc(C)cc43)CC2)CC1. The van der Waals surface area contributed by atoms with E-state index in [0.29, 0.717) is 12.6 Å². The van der Waals surface area contributed by atoms with Crippen LogP contribution in [0.4, 0.5) is 0 Å². The Bertz CT molecular complexity index is 884. The third kappa shape index (κ3) is 3.75. The van der Waals surface area contributed by atoms with E-state index in [2.05, 4.69) is 22.9 Å². The Morgan fingerprint density at radius 1 is 1.11 bits per heavy atom. The van der Waals surface area contributed by atoms with Gasteiger partial charge in [0.05, 0.1) is 23.6 Å². The molecule has 28 heavy (non-hydrogen) atoms. The summed E-state index contributed by atoms with van der Waals surface area (Å²) in [7, 11) is 0. The van der Waals surface area contributed by atoms with E-state index >= 15 is 0 Å². The molecule has 0 bridgehead atoms. The smallest absolute Gasteiger partial charge is 0.326 e. The van der Waals surface area contributed by atoms with Crippen molar-refractivity contribution in [2.24, 2.45) is 5.92 Å². The summed E-state index contributed by atoms with van der Waals surface area (Å²) in [6, 6.07) is 6.97. The highest BCUT2D eigenvalue weighted by molar-refractivity contribution is 5.76. The number of carbonyl (C=O) groups excluding carboxylic acids is 1. The molecule has 0 spiro atoms. The average Bonchev–Trinajstić information content (AvgIpc) is 3.03. The lowest BCUT2D eigenvalue weighted by atomic mass is 9.84. The van der Waals surface area contributed by atoms with Crippen LogP contribution < -0.4 is 5.69 Å². The van der Waals surface area contributed by atoms with Crippen LogP contribution in [0.5, 0.6) is 0 Å². The van der Waals surface area contributed by atoms with Crippen LogP contribution >= 0.6 is 0 Å². The van der Waals surface area contributed by atoms with Gasteiger partial charge >= 0.3 is 11.7 Å². The summed E-state index contributed by atoms with van der Waals surface area (Å²) in [5.41, 5.74) is 3.14. The Kier molecular flexibility index (Phi) is 5.58. The number of nitrogens with one attached hydrogen (secondary N) is 1. The summed E-state index contributed by atoms with van der Waals surface area (Å²) in [4.78, 5) is 30.1. The van der Waals surface area contributed by atoms with Gasteiger partial charge in [-0.05, 0) is 70.1 Å². The maximum atomic E-state index is 12.5. The Morgan fingerprint density at radius 3 is 2.50 bits per heavy atom. The molecule has 2 aliphatic rings. The monoisotopic (exact) mass is 385 g/mol. The molecular formula is C22H31N3O3. The van der Waals surface area contributed by atoms with Crippen LogP contribution in [-0.2, 0) is 9.53 Å². The van der Waals surface area contributed by atoms with Crippen molar-refractivity contribution in [1.82, 2.24) is 14.5 Å². The van der Waals surface area contributed by atoms with Gasteiger partial charge in [-0.3, -0.25) is 9.36 Å². The summed E-state index contributed by atoms with van der Waals surface area (Å²) in [5.74, 6) is 0.0652. The third-order valence-electron chi connectivity index (χ3n) is 6.57. The van der Waals surface area contributed by atoms with E-state index in [1.54, 1.807) is 0 Å². The number of rotatable bonds is 4. The molecule has 6 heteroatoms. The Balaban J connectivity index is 1.37. The zero-order chi connectivity index (χ0) is 19.7. The van der Waals surface area contributed by atoms with Gasteiger partial charge in [-0.1, -0.05) is 6.07 Å². The fourth-order valence-electron chi connectivity index (χ4n) is 5.04. The summed E-state index contributed by atoms with van der Waals surface area (Å²) in [5, 5.41) is 0. The maximum absolute atomic E-state index is 12.5. The molecule has 2 heterocycles. The van der Waals surface area contributed by atoms with Crippen LogP contribution in [0.3, 0.4) is 0 Å². The Morgan fingerprint density at radius 2 is 1.82 bits per heavy atom. The molecule has 0 unspecified atom stereocenters. The number of aromatic amines is 1. The second-order valence-electron chi connectivity index (χ2n) is 8.35. The number of likely N-dealkylation sites (tertiary alicyclic amines) is 1. The van der Waals surface area contributed by atoms with E-state index in [0.717, 1.165) is 62.6 Å². The molecule has 2 fully saturated rings. The minimum absolute atomic E-state index is 0.00833. The van der Waals surface area contributed by atoms with Gasteiger partial charge in [0.15, 0.2) is 0 Å². The van der Waals surface area contributed by atoms with E-state index in [-0.39, 0.29) is 23.6 Å². The number of nitrogens with zero attached hydrogens (tertiary/aromatic N) is 2. The molecule has 1 aliphatic heterocycles. The van der Waals surface area contributed by atoms with Gasteiger partial charge in [0.25, 0.3) is 0 Å². The molecule has 1 saturated heterocycles. The van der Waals surface area contributed by atoms with Gasteiger partial charge in [-0.15, -0.1) is 0 Å². The number of fused-ring (bicyclic) bond motifs is 1. The van der Waals surface area contributed by atoms with E-state index < -0.39 is 0 Å². The average molecular weight is 386 g/mol. The fraction of sp³-hybridized carbons (Fsp3) is 0.636. The van der Waals surface area contributed by atoms with Gasteiger partial charge in [0.2, 0.25) is 0 Å². The zero-order valence-electron chi connectivity index (χ0n) is 16.9. The highest BCUT2D eigenvalue weighted by atomic mass is 16.5. The van der Waals surface area contributed by atoms with Crippen molar-refractivity contribution in [2.75, 3.05) is 19.7 Å². The number of benzene rings is 1. The van der Waals surface area contributed by atoms with E-state index in [1.165, 1.54) is 5.56 Å². The normalized spacial score (nSPS) is 24.5. The Hall–Kier alpha value is -2.08. The van der Waals surface area contributed by atoms with Crippen molar-refractivity contribution in [3.8, 4) is 0 Å². The van der Waals surface area contributed by atoms with Gasteiger partial charge in [0, 0.05) is 25.2 Å². The van der Waals surface area contributed by atoms with Gasteiger partial charge in [0.1, 0.15) is 0 Å². The first-order valence-electron chi connectivity index (χ1n) is 10.7. The quantitative estimate of drug-likeness (QED) is 0.819. The molecule has 0 amide bonds. The topological polar surface area (TPSA) is 67.3 Å². The second-order valence-corrected chi connectivity index (χ2v) is 8.35. The maximum Gasteiger partial charge on any atom is 0.326 e. The Labute approximate surface area is 165 Å². The number of esters is 1. The van der Waals surface area contributed by atoms with Crippen LogP contribution in [0, 0.1) is 12.8 Å². The molecule has 1 N–H and O–H groups in total. The van der Waals surface area contributed by atoms with Crippen molar-refractivity contribution in [3.05, 3.63) is 34.2 Å². The van der Waals surface area contributed by atoms with E-state index in [4.69, 9.17) is 4.74 Å². The lowest BCUT2D eigenvalue weighted by molar-refractivity contribution is -0.149. The van der Waals surface area contributed by atoms with Crippen molar-refractivity contribution in [3.63, 3.8) is 0 Å². The minimum atomic E-state index is -0.0198. The van der Waals surface area contributed by atoms with Crippen molar-refractivity contribution >= 4 is 17.0 Å². The van der Waals surface area contributed by atoms with Crippen LogP contribution in [0.15, 0.2) is 23.0 Å². The standard InChI is InChI=1S/C22H31N3O3/c1-3-28-21(26)16-5-7-17(8-6-16)24-12-10-18(11-13-24)25-20-14-15(2)4-9-19(20)23-22(25)27/h4,9,14,16-18H,3,5-8,10-13H2,1-2H3,(H,23,27). The number of carbonyl (C=O) groups is 1. The van der Waals surface area contributed by atoms with Crippen molar-refractivity contribution < 1.29 is 9.53 Å². The predicted octanol–water partition coefficient (Wildman–Crippen LogP) is 3.40. The highest BCUT2D eigenvalue weighted by Crippen LogP contribution is 2.32. The summed E-state index contributed by atoms with van der Waals surface area (Å²) < 4.78 is 7.15. The molecular weight excluding hydrogens is 354 g/mol. The van der Waals surface area contributed by atoms with Crippen molar-refractivity contribution in [1.29, 1.82) is 0 Å². The highest BCUT2D eigenvalue weighted by Gasteiger charge is 2.32. The van der Waals surface area contributed by atoms with Crippen LogP contribution in [0.25, 0.3) is 11.0 Å². The molecule has 1 saturated carbocycles. The number of hydrogen-bond donors (Lipinski definition) is 1. The summed E-state index contributed by atoms with van der Waals surface area (Å²) in [6.45, 7) is 6.44. The van der Waals surface area contributed by atoms with Crippen LogP contribution in [-0.4, -0.2) is 46.2 Å². The molecule has 1 aromatic carbocycles. The fourth-order valence-corrected chi connectivity index (χ4v) is 5.04. The molecule has 0 radical (unpaired) electrons. The molecule has 1 aliphatic carbocycles. The third-order valence-corrected chi connectivity index (χ3v) is 6.57. The number of hydrogen-bond acceptors (Lipinski definition) is 4. The zero-order valence-corrected chi connectivity index (χ0v) is 16.9. The first kappa shape index (κ1) is 19.2. The van der Waals surface area contributed by atoms with Gasteiger partial charge < -0.3 is 14.6 Å². The largest absolute Gasteiger partial charge is 0.466 e. The molecule has 6 nitrogen and oxygen atoms in total. The number of piperidine rings is 1. The number of imidazole rings is 1. The van der Waals surface area contributed by atoms with E-state index in [1.807, 2.05) is 23.6 Å². The first-order chi connectivity index (χ1) is 13.6. The lowest BCUT2D eigenvalue weighted by Crippen LogP contribution is -2.44. The van der Waals surface area contributed by atoms with Crippen LogP contribution in [0.1, 0.15) is 57.1 Å². The lowest BCUT2D eigenvalue weighted by Gasteiger charge is -2.40. The van der Waals surface area contributed by atoms with E-state index in [9.17, 15) is 9.59 Å². The molecule has 2 aromatic rings. The van der Waals surface area contributed by atoms with Crippen molar-refractivity contribution in [2.45, 2.75) is 64.5 Å². The van der Waals surface area contributed by atoms with Gasteiger partial charge in [-0.25, -0.2) is 4.79 Å². The molecule has 152 valence electrons. The number of aromatic nitrogens is 2. The molecule has 1 aromatic heterocycles. The summed E-state index contributed by atoms with van der Waals surface area (Å²) >= 11 is 0. The molecule has 0 atom stereocenters. The van der Waals surface area contributed by atoms with Gasteiger partial charge in [-0.2, -0.15) is 0 Å².